The molecule has 0 radical (unpaired) electrons. The van der Waals surface area contributed by atoms with Crippen molar-refractivity contribution in [1.82, 2.24) is 4.90 Å². The molecule has 1 aromatic carbocycles. The van der Waals surface area contributed by atoms with Crippen LogP contribution in [0.4, 0.5) is 0 Å². The maximum atomic E-state index is 5.93. The van der Waals surface area contributed by atoms with Gasteiger partial charge in [0.25, 0.3) is 0 Å². The fourth-order valence-corrected chi connectivity index (χ4v) is 2.61. The van der Waals surface area contributed by atoms with Gasteiger partial charge in [-0.05, 0) is 43.6 Å². The van der Waals surface area contributed by atoms with Crippen LogP contribution in [0.1, 0.15) is 24.4 Å². The second-order valence-corrected chi connectivity index (χ2v) is 4.61. The molecule has 100 valence electrons. The van der Waals surface area contributed by atoms with Crippen molar-refractivity contribution in [3.63, 3.8) is 0 Å². The zero-order chi connectivity index (χ0) is 13.0. The van der Waals surface area contributed by atoms with Gasteiger partial charge in [0.05, 0.1) is 14.2 Å². The molecule has 0 aliphatic carbocycles. The second kappa shape index (κ2) is 6.07. The number of nitrogens with zero attached hydrogens (tertiary/aromatic N) is 1. The van der Waals surface area contributed by atoms with Gasteiger partial charge < -0.3 is 15.2 Å². The monoisotopic (exact) mass is 250 g/mol. The number of rotatable bonds is 5. The Hall–Kier alpha value is -1.26. The highest BCUT2D eigenvalue weighted by molar-refractivity contribution is 5.43. The lowest BCUT2D eigenvalue weighted by molar-refractivity contribution is 0.250. The molecule has 0 spiro atoms. The van der Waals surface area contributed by atoms with Crippen LogP contribution in [-0.2, 0) is 0 Å². The fourth-order valence-electron chi connectivity index (χ4n) is 2.61. The predicted octanol–water partition coefficient (Wildman–Crippen LogP) is 1.80. The third-order valence-corrected chi connectivity index (χ3v) is 3.60. The lowest BCUT2D eigenvalue weighted by Gasteiger charge is -2.27. The average molecular weight is 250 g/mol. The minimum absolute atomic E-state index is 0.285. The largest absolute Gasteiger partial charge is 0.493 e. The van der Waals surface area contributed by atoms with Crippen molar-refractivity contribution in [1.29, 1.82) is 0 Å². The highest BCUT2D eigenvalue weighted by atomic mass is 16.5. The second-order valence-electron chi connectivity index (χ2n) is 4.61. The van der Waals surface area contributed by atoms with E-state index >= 15 is 0 Å². The minimum atomic E-state index is 0.285. The zero-order valence-electron chi connectivity index (χ0n) is 11.2. The number of methoxy groups -OCH3 is 2. The molecule has 4 nitrogen and oxygen atoms in total. The number of hydrogen-bond donors (Lipinski definition) is 1. The summed E-state index contributed by atoms with van der Waals surface area (Å²) in [7, 11) is 3.31. The van der Waals surface area contributed by atoms with E-state index in [1.807, 2.05) is 12.1 Å². The molecule has 1 aliphatic rings. The van der Waals surface area contributed by atoms with E-state index in [0.717, 1.165) is 24.6 Å². The van der Waals surface area contributed by atoms with E-state index in [1.165, 1.54) is 18.4 Å². The van der Waals surface area contributed by atoms with Crippen molar-refractivity contribution in [3.8, 4) is 11.5 Å². The third kappa shape index (κ3) is 2.60. The Balaban J connectivity index is 2.24. The Morgan fingerprint density at radius 1 is 1.17 bits per heavy atom. The highest BCUT2D eigenvalue weighted by Gasteiger charge is 2.23. The summed E-state index contributed by atoms with van der Waals surface area (Å²) in [6, 6.07) is 6.35. The Morgan fingerprint density at radius 3 is 2.39 bits per heavy atom. The molecule has 2 N–H and O–H groups in total. The minimum Gasteiger partial charge on any atom is -0.493 e. The van der Waals surface area contributed by atoms with Crippen molar-refractivity contribution < 1.29 is 9.47 Å². The van der Waals surface area contributed by atoms with Crippen LogP contribution in [0.5, 0.6) is 11.5 Å². The molecule has 2 rings (SSSR count). The maximum Gasteiger partial charge on any atom is 0.161 e. The van der Waals surface area contributed by atoms with Gasteiger partial charge in [-0.25, -0.2) is 0 Å². The van der Waals surface area contributed by atoms with Crippen molar-refractivity contribution in [2.24, 2.45) is 5.73 Å². The van der Waals surface area contributed by atoms with E-state index in [9.17, 15) is 0 Å². The van der Waals surface area contributed by atoms with E-state index in [0.29, 0.717) is 6.54 Å². The van der Waals surface area contributed by atoms with Gasteiger partial charge in [0.1, 0.15) is 0 Å². The average Bonchev–Trinajstić information content (AvgIpc) is 2.93. The van der Waals surface area contributed by atoms with Crippen LogP contribution in [-0.4, -0.2) is 38.8 Å². The SMILES string of the molecule is COc1ccc(C(CN)N2CCCC2)cc1OC. The van der Waals surface area contributed by atoms with Crippen molar-refractivity contribution in [3.05, 3.63) is 23.8 Å². The quantitative estimate of drug-likeness (QED) is 0.865. The Bertz CT molecular complexity index is 389. The van der Waals surface area contributed by atoms with E-state index in [2.05, 4.69) is 11.0 Å². The Labute approximate surface area is 109 Å². The predicted molar refractivity (Wildman–Crippen MR) is 72.1 cm³/mol. The molecule has 1 aromatic rings. The van der Waals surface area contributed by atoms with Crippen LogP contribution < -0.4 is 15.2 Å². The van der Waals surface area contributed by atoms with E-state index in [-0.39, 0.29) is 6.04 Å². The summed E-state index contributed by atoms with van der Waals surface area (Å²) in [5, 5.41) is 0. The lowest BCUT2D eigenvalue weighted by atomic mass is 10.0. The van der Waals surface area contributed by atoms with E-state index < -0.39 is 0 Å². The molecule has 0 aromatic heterocycles. The zero-order valence-corrected chi connectivity index (χ0v) is 11.2. The summed E-state index contributed by atoms with van der Waals surface area (Å²) in [6.07, 6.45) is 2.54. The molecular weight excluding hydrogens is 228 g/mol. The molecule has 1 fully saturated rings. The molecule has 1 unspecified atom stereocenters. The summed E-state index contributed by atoms with van der Waals surface area (Å²) < 4.78 is 10.6. The number of likely N-dealkylation sites (tertiary alicyclic amines) is 1. The smallest absolute Gasteiger partial charge is 0.161 e. The van der Waals surface area contributed by atoms with Crippen LogP contribution in [0.25, 0.3) is 0 Å². The van der Waals surface area contributed by atoms with Crippen LogP contribution in [0.15, 0.2) is 18.2 Å². The van der Waals surface area contributed by atoms with Gasteiger partial charge in [-0.15, -0.1) is 0 Å². The first-order valence-electron chi connectivity index (χ1n) is 6.46. The molecule has 0 amide bonds. The Kier molecular flexibility index (Phi) is 4.44. The molecule has 0 saturated carbocycles. The van der Waals surface area contributed by atoms with Crippen LogP contribution in [0.2, 0.25) is 0 Å². The van der Waals surface area contributed by atoms with Crippen molar-refractivity contribution >= 4 is 0 Å². The molecule has 1 atom stereocenters. The number of nitrogens with two attached hydrogens (primary N) is 1. The Morgan fingerprint density at radius 2 is 1.83 bits per heavy atom. The summed E-state index contributed by atoms with van der Waals surface area (Å²) in [4.78, 5) is 2.45. The maximum absolute atomic E-state index is 5.93. The van der Waals surface area contributed by atoms with Gasteiger partial charge in [-0.2, -0.15) is 0 Å². The molecule has 1 aliphatic heterocycles. The molecule has 1 saturated heterocycles. The summed E-state index contributed by atoms with van der Waals surface area (Å²) in [5.41, 5.74) is 7.14. The first-order valence-corrected chi connectivity index (χ1v) is 6.46. The van der Waals surface area contributed by atoms with Gasteiger partial charge in [-0.3, -0.25) is 4.90 Å². The fraction of sp³-hybridized carbons (Fsp3) is 0.571. The van der Waals surface area contributed by atoms with Crippen molar-refractivity contribution in [2.75, 3.05) is 33.9 Å². The van der Waals surface area contributed by atoms with Gasteiger partial charge in [0.15, 0.2) is 11.5 Å². The number of hydrogen-bond acceptors (Lipinski definition) is 4. The van der Waals surface area contributed by atoms with Crippen molar-refractivity contribution in [2.45, 2.75) is 18.9 Å². The first kappa shape index (κ1) is 13.2. The standard InChI is InChI=1S/C14H22N2O2/c1-17-13-6-5-11(9-14(13)18-2)12(10-15)16-7-3-4-8-16/h5-6,9,12H,3-4,7-8,10,15H2,1-2H3. The highest BCUT2D eigenvalue weighted by Crippen LogP contribution is 2.32. The van der Waals surface area contributed by atoms with Gasteiger partial charge in [-0.1, -0.05) is 6.07 Å². The van der Waals surface area contributed by atoms with Gasteiger partial charge >= 0.3 is 0 Å². The normalized spacial score (nSPS) is 17.7. The third-order valence-electron chi connectivity index (χ3n) is 3.60. The first-order chi connectivity index (χ1) is 8.80. The molecule has 18 heavy (non-hydrogen) atoms. The van der Waals surface area contributed by atoms with E-state index in [1.54, 1.807) is 14.2 Å². The van der Waals surface area contributed by atoms with Gasteiger partial charge in [0.2, 0.25) is 0 Å². The summed E-state index contributed by atoms with van der Waals surface area (Å²) >= 11 is 0. The van der Waals surface area contributed by atoms with Crippen LogP contribution >= 0.6 is 0 Å². The lowest BCUT2D eigenvalue weighted by Crippen LogP contribution is -2.31. The molecule has 1 heterocycles. The van der Waals surface area contributed by atoms with Crippen LogP contribution in [0, 0.1) is 0 Å². The van der Waals surface area contributed by atoms with Crippen LogP contribution in [0.3, 0.4) is 0 Å². The molecule has 0 bridgehead atoms. The molecular formula is C14H22N2O2. The number of benzene rings is 1. The molecule has 4 heteroatoms. The van der Waals surface area contributed by atoms with Gasteiger partial charge in [0, 0.05) is 12.6 Å². The number of ether oxygens (including phenoxy) is 2. The topological polar surface area (TPSA) is 47.7 Å². The van der Waals surface area contributed by atoms with E-state index in [4.69, 9.17) is 15.2 Å². The summed E-state index contributed by atoms with van der Waals surface area (Å²) in [6.45, 7) is 2.90. The summed E-state index contributed by atoms with van der Waals surface area (Å²) in [5.74, 6) is 1.53.